The molecular weight excluding hydrogens is 198 g/mol. The van der Waals surface area contributed by atoms with Gasteiger partial charge in [0.15, 0.2) is 0 Å². The third kappa shape index (κ3) is 2.15. The minimum absolute atomic E-state index is 0.0529. The highest BCUT2D eigenvalue weighted by Gasteiger charge is 2.33. The molecule has 82 valence electrons. The Morgan fingerprint density at radius 2 is 2.20 bits per heavy atom. The fraction of sp³-hybridized carbons (Fsp3) is 0.667. The second-order valence-electron chi connectivity index (χ2n) is 3.83. The van der Waals surface area contributed by atoms with Gasteiger partial charge in [-0.25, -0.2) is 0 Å². The predicted molar refractivity (Wildman–Crippen MR) is 50.7 cm³/mol. The van der Waals surface area contributed by atoms with Crippen molar-refractivity contribution in [1.82, 2.24) is 16.0 Å². The standard InChI is InChI=1S/C9H13N3O3/c13-7-4-6(9(15)12-7)11-8(14)5-2-1-3-10-5/h5-6,10H,1-4H2,(H,11,14)(H,12,13,15). The molecule has 15 heavy (non-hydrogen) atoms. The number of nitrogens with one attached hydrogen (secondary N) is 3. The monoisotopic (exact) mass is 211 g/mol. The van der Waals surface area contributed by atoms with Crippen LogP contribution >= 0.6 is 0 Å². The lowest BCUT2D eigenvalue weighted by Crippen LogP contribution is -2.47. The number of hydrogen-bond donors (Lipinski definition) is 3. The minimum atomic E-state index is -0.688. The van der Waals surface area contributed by atoms with Crippen molar-refractivity contribution in [2.45, 2.75) is 31.3 Å². The molecule has 0 aliphatic carbocycles. The van der Waals surface area contributed by atoms with E-state index >= 15 is 0 Å². The quantitative estimate of drug-likeness (QED) is 0.474. The molecule has 2 aliphatic heterocycles. The van der Waals surface area contributed by atoms with Gasteiger partial charge in [-0.1, -0.05) is 0 Å². The topological polar surface area (TPSA) is 87.3 Å². The number of hydrogen-bond acceptors (Lipinski definition) is 4. The second-order valence-corrected chi connectivity index (χ2v) is 3.83. The molecule has 0 saturated carbocycles. The van der Waals surface area contributed by atoms with E-state index in [0.717, 1.165) is 19.4 Å². The highest BCUT2D eigenvalue weighted by Crippen LogP contribution is 2.07. The van der Waals surface area contributed by atoms with Crippen LogP contribution in [0.1, 0.15) is 19.3 Å². The van der Waals surface area contributed by atoms with E-state index in [1.165, 1.54) is 0 Å². The maximum absolute atomic E-state index is 11.6. The Labute approximate surface area is 86.8 Å². The van der Waals surface area contributed by atoms with Crippen molar-refractivity contribution in [3.8, 4) is 0 Å². The maximum Gasteiger partial charge on any atom is 0.249 e. The zero-order valence-electron chi connectivity index (χ0n) is 8.21. The highest BCUT2D eigenvalue weighted by molar-refractivity contribution is 6.07. The minimum Gasteiger partial charge on any atom is -0.342 e. The van der Waals surface area contributed by atoms with Gasteiger partial charge in [0, 0.05) is 0 Å². The van der Waals surface area contributed by atoms with Crippen molar-refractivity contribution >= 4 is 17.7 Å². The van der Waals surface area contributed by atoms with Crippen molar-refractivity contribution in [1.29, 1.82) is 0 Å². The van der Waals surface area contributed by atoms with Crippen LogP contribution in [0.25, 0.3) is 0 Å². The average Bonchev–Trinajstić information content (AvgIpc) is 2.76. The molecule has 2 unspecified atom stereocenters. The zero-order chi connectivity index (χ0) is 10.8. The Kier molecular flexibility index (Phi) is 2.68. The Morgan fingerprint density at radius 3 is 2.73 bits per heavy atom. The third-order valence-electron chi connectivity index (χ3n) is 2.66. The molecule has 0 aromatic carbocycles. The van der Waals surface area contributed by atoms with E-state index in [4.69, 9.17) is 0 Å². The summed E-state index contributed by atoms with van der Waals surface area (Å²) in [4.78, 5) is 33.6. The van der Waals surface area contributed by atoms with Crippen LogP contribution < -0.4 is 16.0 Å². The average molecular weight is 211 g/mol. The van der Waals surface area contributed by atoms with E-state index in [2.05, 4.69) is 16.0 Å². The van der Waals surface area contributed by atoms with Gasteiger partial charge in [-0.2, -0.15) is 0 Å². The van der Waals surface area contributed by atoms with Crippen LogP contribution in [0, 0.1) is 0 Å². The molecule has 2 atom stereocenters. The van der Waals surface area contributed by atoms with Crippen LogP contribution in [0.2, 0.25) is 0 Å². The number of imide groups is 1. The molecule has 2 aliphatic rings. The van der Waals surface area contributed by atoms with E-state index in [9.17, 15) is 14.4 Å². The van der Waals surface area contributed by atoms with Crippen LogP contribution in [-0.4, -0.2) is 36.3 Å². The SMILES string of the molecule is O=C1CC(NC(=O)C2CCCN2)C(=O)N1. The predicted octanol–water partition coefficient (Wildman–Crippen LogP) is -1.73. The fourth-order valence-corrected chi connectivity index (χ4v) is 1.85. The summed E-state index contributed by atoms with van der Waals surface area (Å²) in [6.45, 7) is 0.827. The Hall–Kier alpha value is -1.43. The van der Waals surface area contributed by atoms with Gasteiger partial charge in [-0.05, 0) is 19.4 Å². The summed E-state index contributed by atoms with van der Waals surface area (Å²) in [6, 6.07) is -0.902. The molecule has 3 N–H and O–H groups in total. The number of carbonyl (C=O) groups is 3. The second kappa shape index (κ2) is 3.98. The van der Waals surface area contributed by atoms with Crippen LogP contribution in [0.4, 0.5) is 0 Å². The molecule has 2 heterocycles. The van der Waals surface area contributed by atoms with Crippen LogP contribution in [0.3, 0.4) is 0 Å². The van der Waals surface area contributed by atoms with Gasteiger partial charge < -0.3 is 10.6 Å². The molecule has 2 saturated heterocycles. The van der Waals surface area contributed by atoms with Gasteiger partial charge >= 0.3 is 0 Å². The van der Waals surface area contributed by atoms with E-state index in [-0.39, 0.29) is 24.3 Å². The van der Waals surface area contributed by atoms with Gasteiger partial charge in [0.25, 0.3) is 0 Å². The highest BCUT2D eigenvalue weighted by atomic mass is 16.2. The van der Waals surface area contributed by atoms with Crippen molar-refractivity contribution in [3.63, 3.8) is 0 Å². The van der Waals surface area contributed by atoms with Crippen LogP contribution in [-0.2, 0) is 14.4 Å². The van der Waals surface area contributed by atoms with Crippen LogP contribution in [0.5, 0.6) is 0 Å². The normalized spacial score (nSPS) is 30.4. The zero-order valence-corrected chi connectivity index (χ0v) is 8.21. The van der Waals surface area contributed by atoms with Crippen molar-refractivity contribution in [2.75, 3.05) is 6.54 Å². The largest absolute Gasteiger partial charge is 0.342 e. The summed E-state index contributed by atoms with van der Waals surface area (Å²) in [6.07, 6.45) is 1.80. The smallest absolute Gasteiger partial charge is 0.249 e. The molecule has 6 heteroatoms. The van der Waals surface area contributed by atoms with Gasteiger partial charge in [-0.15, -0.1) is 0 Å². The van der Waals surface area contributed by atoms with Gasteiger partial charge in [-0.3, -0.25) is 19.7 Å². The third-order valence-corrected chi connectivity index (χ3v) is 2.66. The molecule has 0 aromatic heterocycles. The van der Waals surface area contributed by atoms with Crippen molar-refractivity contribution < 1.29 is 14.4 Å². The van der Waals surface area contributed by atoms with Gasteiger partial charge in [0.2, 0.25) is 17.7 Å². The maximum atomic E-state index is 11.6. The van der Waals surface area contributed by atoms with E-state index < -0.39 is 11.9 Å². The number of carbonyl (C=O) groups excluding carboxylic acids is 3. The van der Waals surface area contributed by atoms with Crippen molar-refractivity contribution in [3.05, 3.63) is 0 Å². The van der Waals surface area contributed by atoms with Gasteiger partial charge in [0.1, 0.15) is 6.04 Å². The van der Waals surface area contributed by atoms with E-state index in [1.807, 2.05) is 0 Å². The fourth-order valence-electron chi connectivity index (χ4n) is 1.85. The van der Waals surface area contributed by atoms with E-state index in [0.29, 0.717) is 0 Å². The Balaban J connectivity index is 1.88. The lowest BCUT2D eigenvalue weighted by molar-refractivity contribution is -0.129. The summed E-state index contributed by atoms with van der Waals surface area (Å²) in [5.74, 6) is -0.932. The lowest BCUT2D eigenvalue weighted by atomic mass is 10.2. The summed E-state index contributed by atoms with van der Waals surface area (Å²) >= 11 is 0. The first-order valence-electron chi connectivity index (χ1n) is 5.04. The molecule has 6 nitrogen and oxygen atoms in total. The van der Waals surface area contributed by atoms with Crippen molar-refractivity contribution in [2.24, 2.45) is 0 Å². The molecule has 0 spiro atoms. The molecule has 2 fully saturated rings. The first-order valence-corrected chi connectivity index (χ1v) is 5.04. The Morgan fingerprint density at radius 1 is 1.40 bits per heavy atom. The van der Waals surface area contributed by atoms with E-state index in [1.54, 1.807) is 0 Å². The summed E-state index contributed by atoms with van der Waals surface area (Å²) in [7, 11) is 0. The summed E-state index contributed by atoms with van der Waals surface area (Å²) in [5, 5.41) is 7.74. The van der Waals surface area contributed by atoms with Crippen LogP contribution in [0.15, 0.2) is 0 Å². The first-order chi connectivity index (χ1) is 7.16. The lowest BCUT2D eigenvalue weighted by Gasteiger charge is -2.13. The summed E-state index contributed by atoms with van der Waals surface area (Å²) in [5.41, 5.74) is 0. The molecular formula is C9H13N3O3. The Bertz CT molecular complexity index is 310. The first kappa shape index (κ1) is 10.1. The molecule has 3 amide bonds. The summed E-state index contributed by atoms with van der Waals surface area (Å²) < 4.78 is 0. The molecule has 0 bridgehead atoms. The number of rotatable bonds is 2. The molecule has 2 rings (SSSR count). The molecule has 0 aromatic rings. The number of amides is 3. The molecule has 0 radical (unpaired) electrons. The van der Waals surface area contributed by atoms with Gasteiger partial charge in [0.05, 0.1) is 12.5 Å².